The predicted octanol–water partition coefficient (Wildman–Crippen LogP) is 5.52. The van der Waals surface area contributed by atoms with Gasteiger partial charge in [-0.05, 0) is 49.6 Å². The molecule has 0 unspecified atom stereocenters. The average molecular weight is 403 g/mol. The summed E-state index contributed by atoms with van der Waals surface area (Å²) in [5, 5.41) is 0.627. The van der Waals surface area contributed by atoms with Crippen LogP contribution >= 0.6 is 0 Å². The number of ether oxygens (including phenoxy) is 1. The summed E-state index contributed by atoms with van der Waals surface area (Å²) in [6.07, 6.45) is -0.622. The van der Waals surface area contributed by atoms with E-state index in [0.717, 1.165) is 0 Å². The standard InChI is InChI=1S/C22H24F3N3O/c1-13(2)11-22(3,26)12-29-19-7-6-17(28-20(19)21(24)25)16-8-9-27-18-10-14(23)4-5-15(16)18/h4-10,13,21H,11-12,26H2,1-3H3/t22-/m0/s1. The second-order valence-corrected chi connectivity index (χ2v) is 7.94. The van der Waals surface area contributed by atoms with Crippen LogP contribution in [-0.2, 0) is 0 Å². The van der Waals surface area contributed by atoms with E-state index in [0.29, 0.717) is 34.5 Å². The molecule has 0 bridgehead atoms. The average Bonchev–Trinajstić information content (AvgIpc) is 2.64. The van der Waals surface area contributed by atoms with Crippen molar-refractivity contribution in [3.05, 3.63) is 54.1 Å². The maximum absolute atomic E-state index is 13.7. The Bertz CT molecular complexity index is 1010. The van der Waals surface area contributed by atoms with Gasteiger partial charge in [-0.2, -0.15) is 0 Å². The first-order valence-electron chi connectivity index (χ1n) is 9.42. The van der Waals surface area contributed by atoms with Gasteiger partial charge in [-0.15, -0.1) is 0 Å². The molecule has 0 saturated heterocycles. The van der Waals surface area contributed by atoms with Gasteiger partial charge in [-0.25, -0.2) is 18.2 Å². The van der Waals surface area contributed by atoms with Gasteiger partial charge in [0.25, 0.3) is 6.43 Å². The fourth-order valence-electron chi connectivity index (χ4n) is 3.47. The molecule has 0 saturated carbocycles. The van der Waals surface area contributed by atoms with Crippen molar-refractivity contribution in [2.75, 3.05) is 6.61 Å². The van der Waals surface area contributed by atoms with Crippen LogP contribution < -0.4 is 10.5 Å². The summed E-state index contributed by atoms with van der Waals surface area (Å²) in [6.45, 7) is 6.01. The minimum atomic E-state index is -2.82. The molecule has 29 heavy (non-hydrogen) atoms. The van der Waals surface area contributed by atoms with Crippen LogP contribution in [0.2, 0.25) is 0 Å². The van der Waals surface area contributed by atoms with Crippen LogP contribution in [0.4, 0.5) is 13.2 Å². The minimum Gasteiger partial charge on any atom is -0.490 e. The molecule has 1 atom stereocenters. The summed E-state index contributed by atoms with van der Waals surface area (Å²) in [5.74, 6) is -0.0552. The largest absolute Gasteiger partial charge is 0.490 e. The summed E-state index contributed by atoms with van der Waals surface area (Å²) in [5.41, 5.74) is 6.48. The van der Waals surface area contributed by atoms with Gasteiger partial charge in [0.2, 0.25) is 0 Å². The maximum atomic E-state index is 13.7. The van der Waals surface area contributed by atoms with Crippen molar-refractivity contribution < 1.29 is 17.9 Å². The normalized spacial score (nSPS) is 13.8. The van der Waals surface area contributed by atoms with Gasteiger partial charge in [0.15, 0.2) is 0 Å². The highest BCUT2D eigenvalue weighted by Crippen LogP contribution is 2.33. The van der Waals surface area contributed by atoms with E-state index >= 15 is 0 Å². The van der Waals surface area contributed by atoms with Gasteiger partial charge in [0.05, 0.1) is 11.2 Å². The number of nitrogens with zero attached hydrogens (tertiary/aromatic N) is 2. The number of pyridine rings is 2. The van der Waals surface area contributed by atoms with E-state index in [1.165, 1.54) is 24.4 Å². The lowest BCUT2D eigenvalue weighted by Crippen LogP contribution is -2.43. The Morgan fingerprint density at radius 3 is 2.59 bits per heavy atom. The Labute approximate surface area is 167 Å². The number of hydrogen-bond donors (Lipinski definition) is 1. The van der Waals surface area contributed by atoms with Crippen LogP contribution in [0.5, 0.6) is 5.75 Å². The minimum absolute atomic E-state index is 0.00795. The third kappa shape index (κ3) is 5.03. The number of aromatic nitrogens is 2. The summed E-state index contributed by atoms with van der Waals surface area (Å²) < 4.78 is 46.5. The van der Waals surface area contributed by atoms with Crippen molar-refractivity contribution >= 4 is 10.9 Å². The SMILES string of the molecule is CC(C)C[C@](C)(N)COc1ccc(-c2ccnc3cc(F)ccc23)nc1C(F)F. The van der Waals surface area contributed by atoms with E-state index in [2.05, 4.69) is 9.97 Å². The van der Waals surface area contributed by atoms with Crippen LogP contribution in [0.3, 0.4) is 0 Å². The molecule has 0 radical (unpaired) electrons. The third-order valence-electron chi connectivity index (χ3n) is 4.51. The molecule has 2 N–H and O–H groups in total. The zero-order valence-corrected chi connectivity index (χ0v) is 16.6. The molecule has 0 amide bonds. The van der Waals surface area contributed by atoms with Crippen molar-refractivity contribution in [1.82, 2.24) is 9.97 Å². The fraction of sp³-hybridized carbons (Fsp3) is 0.364. The van der Waals surface area contributed by atoms with Crippen molar-refractivity contribution in [2.24, 2.45) is 11.7 Å². The molecule has 0 aliphatic rings. The van der Waals surface area contributed by atoms with E-state index < -0.39 is 23.5 Å². The summed E-state index contributed by atoms with van der Waals surface area (Å²) in [6, 6.07) is 8.91. The lowest BCUT2D eigenvalue weighted by atomic mass is 9.93. The number of rotatable bonds is 7. The Morgan fingerprint density at radius 1 is 1.14 bits per heavy atom. The molecular formula is C22H24F3N3O. The monoisotopic (exact) mass is 403 g/mol. The van der Waals surface area contributed by atoms with Crippen LogP contribution in [0.25, 0.3) is 22.2 Å². The first-order valence-corrected chi connectivity index (χ1v) is 9.42. The van der Waals surface area contributed by atoms with E-state index in [-0.39, 0.29) is 12.4 Å². The Morgan fingerprint density at radius 2 is 1.90 bits per heavy atom. The molecular weight excluding hydrogens is 379 g/mol. The molecule has 3 rings (SSSR count). The Hall–Kier alpha value is -2.67. The van der Waals surface area contributed by atoms with Gasteiger partial charge in [0.1, 0.15) is 23.9 Å². The number of hydrogen-bond acceptors (Lipinski definition) is 4. The molecule has 2 heterocycles. The fourth-order valence-corrected chi connectivity index (χ4v) is 3.47. The molecule has 3 aromatic rings. The van der Waals surface area contributed by atoms with Crippen LogP contribution in [0.15, 0.2) is 42.6 Å². The first-order chi connectivity index (χ1) is 13.7. The van der Waals surface area contributed by atoms with Crippen LogP contribution in [-0.4, -0.2) is 22.1 Å². The van der Waals surface area contributed by atoms with E-state index in [1.54, 1.807) is 18.2 Å². The van der Waals surface area contributed by atoms with Gasteiger partial charge >= 0.3 is 0 Å². The lowest BCUT2D eigenvalue weighted by Gasteiger charge is -2.27. The van der Waals surface area contributed by atoms with Gasteiger partial charge in [-0.1, -0.05) is 13.8 Å². The van der Waals surface area contributed by atoms with Crippen molar-refractivity contribution in [1.29, 1.82) is 0 Å². The van der Waals surface area contributed by atoms with Gasteiger partial charge in [0, 0.05) is 28.8 Å². The topological polar surface area (TPSA) is 61.0 Å². The molecule has 2 aromatic heterocycles. The highest BCUT2D eigenvalue weighted by molar-refractivity contribution is 5.93. The summed E-state index contributed by atoms with van der Waals surface area (Å²) >= 11 is 0. The summed E-state index contributed by atoms with van der Waals surface area (Å²) in [7, 11) is 0. The number of benzene rings is 1. The third-order valence-corrected chi connectivity index (χ3v) is 4.51. The number of halogens is 3. The Balaban J connectivity index is 1.95. The lowest BCUT2D eigenvalue weighted by molar-refractivity contribution is 0.134. The van der Waals surface area contributed by atoms with Crippen LogP contribution in [0.1, 0.15) is 39.3 Å². The number of alkyl halides is 2. The van der Waals surface area contributed by atoms with E-state index in [4.69, 9.17) is 10.5 Å². The zero-order valence-electron chi connectivity index (χ0n) is 16.6. The second-order valence-electron chi connectivity index (χ2n) is 7.94. The molecule has 0 aliphatic carbocycles. The second kappa shape index (κ2) is 8.37. The highest BCUT2D eigenvalue weighted by Gasteiger charge is 2.24. The number of nitrogens with two attached hydrogens (primary N) is 1. The van der Waals surface area contributed by atoms with E-state index in [9.17, 15) is 13.2 Å². The summed E-state index contributed by atoms with van der Waals surface area (Å²) in [4.78, 5) is 8.27. The highest BCUT2D eigenvalue weighted by atomic mass is 19.3. The smallest absolute Gasteiger partial charge is 0.284 e. The van der Waals surface area contributed by atoms with Crippen molar-refractivity contribution in [3.63, 3.8) is 0 Å². The molecule has 0 aliphatic heterocycles. The molecule has 0 spiro atoms. The predicted molar refractivity (Wildman–Crippen MR) is 107 cm³/mol. The first kappa shape index (κ1) is 21.0. The van der Waals surface area contributed by atoms with E-state index in [1.807, 2.05) is 20.8 Å². The number of fused-ring (bicyclic) bond motifs is 1. The zero-order chi connectivity index (χ0) is 21.2. The molecule has 1 aromatic carbocycles. The molecule has 7 heteroatoms. The van der Waals surface area contributed by atoms with Gasteiger partial charge in [-0.3, -0.25) is 4.98 Å². The molecule has 0 fully saturated rings. The quantitative estimate of drug-likeness (QED) is 0.565. The van der Waals surface area contributed by atoms with Crippen molar-refractivity contribution in [3.8, 4) is 17.0 Å². The molecule has 154 valence electrons. The molecule has 4 nitrogen and oxygen atoms in total. The Kier molecular flexibility index (Phi) is 6.07. The van der Waals surface area contributed by atoms with Crippen LogP contribution in [0, 0.1) is 11.7 Å². The van der Waals surface area contributed by atoms with Crippen molar-refractivity contribution in [2.45, 2.75) is 39.2 Å². The maximum Gasteiger partial charge on any atom is 0.284 e. The van der Waals surface area contributed by atoms with Gasteiger partial charge < -0.3 is 10.5 Å².